The van der Waals surface area contributed by atoms with Crippen molar-refractivity contribution in [2.24, 2.45) is 0 Å². The monoisotopic (exact) mass is 269 g/mol. The minimum atomic E-state index is -0.251. The van der Waals surface area contributed by atoms with Crippen molar-refractivity contribution < 1.29 is 9.21 Å². The molecule has 20 heavy (non-hydrogen) atoms. The molecule has 0 bridgehead atoms. The zero-order valence-electron chi connectivity index (χ0n) is 11.3. The summed E-state index contributed by atoms with van der Waals surface area (Å²) in [7, 11) is 0. The van der Waals surface area contributed by atoms with Crippen molar-refractivity contribution in [1.29, 1.82) is 0 Å². The maximum atomic E-state index is 11.9. The van der Waals surface area contributed by atoms with Crippen LogP contribution in [0.1, 0.15) is 34.9 Å². The average molecular weight is 269 g/mol. The highest BCUT2D eigenvalue weighted by atomic mass is 16.3. The second-order valence-electron chi connectivity index (χ2n) is 4.82. The van der Waals surface area contributed by atoms with Gasteiger partial charge in [-0.15, -0.1) is 0 Å². The first-order chi connectivity index (χ1) is 9.63. The highest BCUT2D eigenvalue weighted by Crippen LogP contribution is 2.17. The standard InChI is InChI=1S/C15H15N3O2/c1-9-5-6-11-12(8-9)18-14(17-11)10(2)16-15(19)13-4-3-7-20-13/h3-8,10H,1-2H3,(H,16,19)(H,17,18). The molecule has 1 aromatic carbocycles. The third-order valence-corrected chi connectivity index (χ3v) is 3.16. The van der Waals surface area contributed by atoms with Crippen LogP contribution in [0.5, 0.6) is 0 Å². The van der Waals surface area contributed by atoms with Crippen LogP contribution < -0.4 is 5.32 Å². The van der Waals surface area contributed by atoms with Gasteiger partial charge in [0.25, 0.3) is 5.91 Å². The Hall–Kier alpha value is -2.56. The van der Waals surface area contributed by atoms with Crippen molar-refractivity contribution in [2.45, 2.75) is 19.9 Å². The van der Waals surface area contributed by atoms with E-state index in [4.69, 9.17) is 4.42 Å². The molecule has 2 aromatic heterocycles. The summed E-state index contributed by atoms with van der Waals surface area (Å²) in [5.74, 6) is 0.772. The van der Waals surface area contributed by atoms with E-state index in [1.54, 1.807) is 12.1 Å². The third-order valence-electron chi connectivity index (χ3n) is 3.16. The van der Waals surface area contributed by atoms with E-state index in [0.717, 1.165) is 16.9 Å². The molecule has 2 N–H and O–H groups in total. The SMILES string of the molecule is Cc1ccc2nc(C(C)NC(=O)c3ccco3)[nH]c2c1. The van der Waals surface area contributed by atoms with Gasteiger partial charge in [-0.1, -0.05) is 6.07 Å². The molecule has 102 valence electrons. The second kappa shape index (κ2) is 4.85. The third kappa shape index (κ3) is 2.30. The molecular formula is C15H15N3O2. The minimum Gasteiger partial charge on any atom is -0.459 e. The van der Waals surface area contributed by atoms with E-state index in [9.17, 15) is 4.79 Å². The maximum absolute atomic E-state index is 11.9. The topological polar surface area (TPSA) is 70.9 Å². The van der Waals surface area contributed by atoms with E-state index in [1.165, 1.54) is 11.8 Å². The Morgan fingerprint density at radius 2 is 2.25 bits per heavy atom. The molecule has 5 heteroatoms. The Kier molecular flexibility index (Phi) is 3.02. The van der Waals surface area contributed by atoms with Gasteiger partial charge < -0.3 is 14.7 Å². The lowest BCUT2D eigenvalue weighted by Gasteiger charge is -2.09. The molecule has 0 aliphatic heterocycles. The molecule has 1 amide bonds. The van der Waals surface area contributed by atoms with Gasteiger partial charge in [-0.05, 0) is 43.7 Å². The number of H-pyrrole nitrogens is 1. The molecule has 1 unspecified atom stereocenters. The molecular weight excluding hydrogens is 254 g/mol. The normalized spacial score (nSPS) is 12.5. The molecule has 0 aliphatic rings. The highest BCUT2D eigenvalue weighted by Gasteiger charge is 2.16. The molecule has 0 fully saturated rings. The molecule has 0 saturated carbocycles. The summed E-state index contributed by atoms with van der Waals surface area (Å²) < 4.78 is 5.06. The van der Waals surface area contributed by atoms with Crippen LogP contribution in [0.3, 0.4) is 0 Å². The molecule has 5 nitrogen and oxygen atoms in total. The number of fused-ring (bicyclic) bond motifs is 1. The number of hydrogen-bond acceptors (Lipinski definition) is 3. The van der Waals surface area contributed by atoms with Crippen molar-refractivity contribution >= 4 is 16.9 Å². The van der Waals surface area contributed by atoms with Crippen LogP contribution in [0.15, 0.2) is 41.0 Å². The van der Waals surface area contributed by atoms with E-state index in [2.05, 4.69) is 15.3 Å². The summed E-state index contributed by atoms with van der Waals surface area (Å²) in [4.78, 5) is 19.6. The number of benzene rings is 1. The molecule has 0 aliphatic carbocycles. The molecule has 0 radical (unpaired) electrons. The number of furan rings is 1. The van der Waals surface area contributed by atoms with Crippen molar-refractivity contribution in [1.82, 2.24) is 15.3 Å². The quantitative estimate of drug-likeness (QED) is 0.768. The molecule has 0 saturated heterocycles. The number of aromatic nitrogens is 2. The molecule has 3 aromatic rings. The molecule has 2 heterocycles. The Labute approximate surface area is 116 Å². The van der Waals surface area contributed by atoms with Crippen LogP contribution >= 0.6 is 0 Å². The summed E-state index contributed by atoms with van der Waals surface area (Å²) in [6.45, 7) is 3.91. The van der Waals surface area contributed by atoms with Crippen molar-refractivity contribution in [3.05, 3.63) is 53.7 Å². The van der Waals surface area contributed by atoms with Gasteiger partial charge >= 0.3 is 0 Å². The number of rotatable bonds is 3. The number of nitrogens with one attached hydrogen (secondary N) is 2. The zero-order chi connectivity index (χ0) is 14.1. The van der Waals surface area contributed by atoms with Gasteiger partial charge in [0, 0.05) is 0 Å². The van der Waals surface area contributed by atoms with E-state index in [-0.39, 0.29) is 11.9 Å². The summed E-state index contributed by atoms with van der Waals surface area (Å²) in [5.41, 5.74) is 3.03. The summed E-state index contributed by atoms with van der Waals surface area (Å²) in [6, 6.07) is 9.10. The van der Waals surface area contributed by atoms with Gasteiger partial charge in [0.1, 0.15) is 5.82 Å². The Morgan fingerprint density at radius 1 is 1.40 bits per heavy atom. The fourth-order valence-corrected chi connectivity index (χ4v) is 2.09. The number of aryl methyl sites for hydroxylation is 1. The first kappa shape index (κ1) is 12.5. The summed E-state index contributed by atoms with van der Waals surface area (Å²) in [6.07, 6.45) is 1.48. The van der Waals surface area contributed by atoms with Crippen molar-refractivity contribution in [3.63, 3.8) is 0 Å². The number of amides is 1. The lowest BCUT2D eigenvalue weighted by molar-refractivity contribution is 0.0910. The van der Waals surface area contributed by atoms with Crippen LogP contribution in [0, 0.1) is 6.92 Å². The predicted octanol–water partition coefficient (Wildman–Crippen LogP) is 2.96. The average Bonchev–Trinajstić information content (AvgIpc) is 3.07. The van der Waals surface area contributed by atoms with Crippen LogP contribution in [-0.2, 0) is 0 Å². The van der Waals surface area contributed by atoms with E-state index < -0.39 is 0 Å². The number of nitrogens with zero attached hydrogens (tertiary/aromatic N) is 1. The number of carbonyl (C=O) groups is 1. The van der Waals surface area contributed by atoms with Crippen LogP contribution in [0.2, 0.25) is 0 Å². The lowest BCUT2D eigenvalue weighted by atomic mass is 10.2. The first-order valence-electron chi connectivity index (χ1n) is 6.44. The molecule has 1 atom stereocenters. The van der Waals surface area contributed by atoms with Crippen LogP contribution in [0.4, 0.5) is 0 Å². The number of aromatic amines is 1. The smallest absolute Gasteiger partial charge is 0.287 e. The van der Waals surface area contributed by atoms with E-state index in [1.807, 2.05) is 32.0 Å². The van der Waals surface area contributed by atoms with Gasteiger partial charge in [0.05, 0.1) is 23.3 Å². The van der Waals surface area contributed by atoms with Crippen molar-refractivity contribution in [3.8, 4) is 0 Å². The number of carbonyl (C=O) groups excluding carboxylic acids is 1. The lowest BCUT2D eigenvalue weighted by Crippen LogP contribution is -2.26. The van der Waals surface area contributed by atoms with Gasteiger partial charge in [-0.2, -0.15) is 0 Å². The first-order valence-corrected chi connectivity index (χ1v) is 6.44. The minimum absolute atomic E-state index is 0.222. The fraction of sp³-hybridized carbons (Fsp3) is 0.200. The van der Waals surface area contributed by atoms with Gasteiger partial charge in [0.2, 0.25) is 0 Å². The molecule has 3 rings (SSSR count). The molecule has 0 spiro atoms. The van der Waals surface area contributed by atoms with E-state index >= 15 is 0 Å². The Morgan fingerprint density at radius 3 is 3.00 bits per heavy atom. The number of hydrogen-bond donors (Lipinski definition) is 2. The maximum Gasteiger partial charge on any atom is 0.287 e. The Bertz CT molecular complexity index is 744. The summed E-state index contributed by atoms with van der Waals surface area (Å²) in [5, 5.41) is 2.85. The fourth-order valence-electron chi connectivity index (χ4n) is 2.09. The second-order valence-corrected chi connectivity index (χ2v) is 4.82. The van der Waals surface area contributed by atoms with Crippen LogP contribution in [0.25, 0.3) is 11.0 Å². The summed E-state index contributed by atoms with van der Waals surface area (Å²) >= 11 is 0. The Balaban J connectivity index is 1.81. The number of imidazole rings is 1. The highest BCUT2D eigenvalue weighted by molar-refractivity contribution is 5.91. The van der Waals surface area contributed by atoms with E-state index in [0.29, 0.717) is 5.76 Å². The zero-order valence-corrected chi connectivity index (χ0v) is 11.3. The predicted molar refractivity (Wildman–Crippen MR) is 75.4 cm³/mol. The van der Waals surface area contributed by atoms with Crippen LogP contribution in [-0.4, -0.2) is 15.9 Å². The van der Waals surface area contributed by atoms with Crippen molar-refractivity contribution in [2.75, 3.05) is 0 Å². The van der Waals surface area contributed by atoms with Gasteiger partial charge in [0.15, 0.2) is 5.76 Å². The van der Waals surface area contributed by atoms with Gasteiger partial charge in [-0.3, -0.25) is 4.79 Å². The largest absolute Gasteiger partial charge is 0.459 e. The van der Waals surface area contributed by atoms with Gasteiger partial charge in [-0.25, -0.2) is 4.98 Å².